The summed E-state index contributed by atoms with van der Waals surface area (Å²) in [7, 11) is 0. The van der Waals surface area contributed by atoms with Gasteiger partial charge in [0.1, 0.15) is 0 Å². The third-order valence-corrected chi connectivity index (χ3v) is 4.42. The Labute approximate surface area is 125 Å². The van der Waals surface area contributed by atoms with E-state index in [-0.39, 0.29) is 5.91 Å². The van der Waals surface area contributed by atoms with Crippen molar-refractivity contribution in [3.8, 4) is 0 Å². The molecule has 3 rings (SSSR count). The fraction of sp³-hybridized carbons (Fsp3) is 0.562. The van der Waals surface area contributed by atoms with Crippen molar-refractivity contribution in [3.63, 3.8) is 0 Å². The maximum absolute atomic E-state index is 12.7. The molecular weight excluding hydrogens is 272 g/mol. The lowest BCUT2D eigenvalue weighted by Gasteiger charge is -2.31. The highest BCUT2D eigenvalue weighted by atomic mass is 35.5. The van der Waals surface area contributed by atoms with E-state index in [0.717, 1.165) is 31.5 Å². The zero-order chi connectivity index (χ0) is 13.9. The fourth-order valence-corrected chi connectivity index (χ4v) is 2.99. The van der Waals surface area contributed by atoms with Crippen LogP contribution in [-0.4, -0.2) is 36.0 Å². The minimum absolute atomic E-state index is 0.150. The summed E-state index contributed by atoms with van der Waals surface area (Å²) in [5.41, 5.74) is 0.747. The number of rotatable bonds is 4. The van der Waals surface area contributed by atoms with Crippen LogP contribution in [0.5, 0.6) is 0 Å². The first-order chi connectivity index (χ1) is 9.74. The van der Waals surface area contributed by atoms with Gasteiger partial charge in [0, 0.05) is 29.2 Å². The number of carbonyl (C=O) groups excluding carboxylic acids is 1. The van der Waals surface area contributed by atoms with Gasteiger partial charge in [0.25, 0.3) is 5.91 Å². The Balaban J connectivity index is 1.69. The largest absolute Gasteiger partial charge is 0.334 e. The Hall–Kier alpha value is -1.06. The Morgan fingerprint density at radius 1 is 1.20 bits per heavy atom. The van der Waals surface area contributed by atoms with Gasteiger partial charge < -0.3 is 10.2 Å². The van der Waals surface area contributed by atoms with Gasteiger partial charge in [-0.25, -0.2) is 0 Å². The van der Waals surface area contributed by atoms with Crippen LogP contribution in [0.15, 0.2) is 24.3 Å². The van der Waals surface area contributed by atoms with Gasteiger partial charge in [0.15, 0.2) is 0 Å². The van der Waals surface area contributed by atoms with Gasteiger partial charge in [0.2, 0.25) is 0 Å². The van der Waals surface area contributed by atoms with E-state index in [1.807, 2.05) is 12.1 Å². The number of carbonyl (C=O) groups is 1. The summed E-state index contributed by atoms with van der Waals surface area (Å²) >= 11 is 5.89. The van der Waals surface area contributed by atoms with Gasteiger partial charge in [-0.3, -0.25) is 4.79 Å². The van der Waals surface area contributed by atoms with Gasteiger partial charge in [0.05, 0.1) is 0 Å². The standard InChI is InChI=1S/C16H21ClN2O/c17-13-6-4-12(5-7-13)16(20)19(15-8-9-15)11-14-3-1-2-10-18-14/h4-7,14-15,18H,1-3,8-11H2. The van der Waals surface area contributed by atoms with E-state index in [1.165, 1.54) is 19.3 Å². The van der Waals surface area contributed by atoms with Crippen LogP contribution in [0.4, 0.5) is 0 Å². The van der Waals surface area contributed by atoms with Crippen molar-refractivity contribution < 1.29 is 4.79 Å². The summed E-state index contributed by atoms with van der Waals surface area (Å²) < 4.78 is 0. The second-order valence-electron chi connectivity index (χ2n) is 5.84. The maximum Gasteiger partial charge on any atom is 0.254 e. The van der Waals surface area contributed by atoms with E-state index >= 15 is 0 Å². The number of amides is 1. The van der Waals surface area contributed by atoms with Crippen LogP contribution in [0.1, 0.15) is 42.5 Å². The molecule has 1 saturated heterocycles. The van der Waals surface area contributed by atoms with E-state index in [1.54, 1.807) is 12.1 Å². The molecule has 1 unspecified atom stereocenters. The molecule has 1 atom stereocenters. The van der Waals surface area contributed by atoms with E-state index in [9.17, 15) is 4.79 Å². The third-order valence-electron chi connectivity index (χ3n) is 4.17. The molecule has 2 fully saturated rings. The number of nitrogens with zero attached hydrogens (tertiary/aromatic N) is 1. The zero-order valence-electron chi connectivity index (χ0n) is 11.6. The average Bonchev–Trinajstić information content (AvgIpc) is 3.30. The molecule has 108 valence electrons. The van der Waals surface area contributed by atoms with Gasteiger partial charge in [-0.2, -0.15) is 0 Å². The first-order valence-electron chi connectivity index (χ1n) is 7.54. The molecule has 3 nitrogen and oxygen atoms in total. The molecule has 1 N–H and O–H groups in total. The predicted octanol–water partition coefficient (Wildman–Crippen LogP) is 3.09. The van der Waals surface area contributed by atoms with Crippen molar-refractivity contribution in [2.24, 2.45) is 0 Å². The van der Waals surface area contributed by atoms with Gasteiger partial charge in [-0.05, 0) is 56.5 Å². The number of nitrogens with one attached hydrogen (secondary N) is 1. The number of benzene rings is 1. The zero-order valence-corrected chi connectivity index (χ0v) is 12.4. The number of hydrogen-bond donors (Lipinski definition) is 1. The van der Waals surface area contributed by atoms with Crippen molar-refractivity contribution in [3.05, 3.63) is 34.9 Å². The fourth-order valence-electron chi connectivity index (χ4n) is 2.86. The van der Waals surface area contributed by atoms with Gasteiger partial charge in [-0.1, -0.05) is 18.0 Å². The summed E-state index contributed by atoms with van der Waals surface area (Å²) in [5, 5.41) is 4.21. The SMILES string of the molecule is O=C(c1ccc(Cl)cc1)N(CC1CCCCN1)C1CC1. The quantitative estimate of drug-likeness (QED) is 0.925. The first kappa shape index (κ1) is 13.9. The summed E-state index contributed by atoms with van der Waals surface area (Å²) in [6, 6.07) is 8.14. The molecular formula is C16H21ClN2O. The van der Waals surface area contributed by atoms with Gasteiger partial charge >= 0.3 is 0 Å². The predicted molar refractivity (Wildman–Crippen MR) is 81.2 cm³/mol. The van der Waals surface area contributed by atoms with Crippen LogP contribution in [-0.2, 0) is 0 Å². The van der Waals surface area contributed by atoms with Crippen molar-refractivity contribution in [1.29, 1.82) is 0 Å². The molecule has 1 aliphatic carbocycles. The molecule has 1 amide bonds. The van der Waals surface area contributed by atoms with E-state index in [4.69, 9.17) is 11.6 Å². The summed E-state index contributed by atoms with van der Waals surface area (Å²) in [6.45, 7) is 1.92. The molecule has 0 spiro atoms. The molecule has 1 aromatic carbocycles. The van der Waals surface area contributed by atoms with Crippen molar-refractivity contribution >= 4 is 17.5 Å². The molecule has 0 bridgehead atoms. The number of halogens is 1. The van der Waals surface area contributed by atoms with Crippen LogP contribution < -0.4 is 5.32 Å². The average molecular weight is 293 g/mol. The number of piperidine rings is 1. The number of hydrogen-bond acceptors (Lipinski definition) is 2. The Morgan fingerprint density at radius 3 is 2.55 bits per heavy atom. The highest BCUT2D eigenvalue weighted by Crippen LogP contribution is 2.29. The smallest absolute Gasteiger partial charge is 0.254 e. The van der Waals surface area contributed by atoms with E-state index in [2.05, 4.69) is 10.2 Å². The molecule has 1 heterocycles. The molecule has 1 aromatic rings. The minimum atomic E-state index is 0.150. The third kappa shape index (κ3) is 3.33. The topological polar surface area (TPSA) is 32.3 Å². The Kier molecular flexibility index (Phi) is 4.27. The lowest BCUT2D eigenvalue weighted by molar-refractivity contribution is 0.0718. The molecule has 4 heteroatoms. The van der Waals surface area contributed by atoms with Crippen LogP contribution >= 0.6 is 11.6 Å². The van der Waals surface area contributed by atoms with Crippen LogP contribution in [0.25, 0.3) is 0 Å². The second kappa shape index (κ2) is 6.15. The molecule has 20 heavy (non-hydrogen) atoms. The maximum atomic E-state index is 12.7. The van der Waals surface area contributed by atoms with Crippen LogP contribution in [0.3, 0.4) is 0 Å². The lowest BCUT2D eigenvalue weighted by Crippen LogP contribution is -2.46. The first-order valence-corrected chi connectivity index (χ1v) is 7.92. The Morgan fingerprint density at radius 2 is 1.95 bits per heavy atom. The van der Waals surface area contributed by atoms with Crippen molar-refractivity contribution in [2.45, 2.75) is 44.2 Å². The summed E-state index contributed by atoms with van der Waals surface area (Å²) in [6.07, 6.45) is 5.99. The Bertz CT molecular complexity index is 464. The van der Waals surface area contributed by atoms with E-state index < -0.39 is 0 Å². The normalized spacial score (nSPS) is 22.6. The highest BCUT2D eigenvalue weighted by molar-refractivity contribution is 6.30. The van der Waals surface area contributed by atoms with Crippen molar-refractivity contribution in [1.82, 2.24) is 10.2 Å². The molecule has 1 aliphatic heterocycles. The monoisotopic (exact) mass is 292 g/mol. The highest BCUT2D eigenvalue weighted by Gasteiger charge is 2.34. The molecule has 0 aromatic heterocycles. The molecule has 0 radical (unpaired) electrons. The second-order valence-corrected chi connectivity index (χ2v) is 6.28. The van der Waals surface area contributed by atoms with Crippen LogP contribution in [0, 0.1) is 0 Å². The lowest BCUT2D eigenvalue weighted by atomic mass is 10.0. The van der Waals surface area contributed by atoms with Crippen molar-refractivity contribution in [2.75, 3.05) is 13.1 Å². The van der Waals surface area contributed by atoms with E-state index in [0.29, 0.717) is 17.1 Å². The summed E-state index contributed by atoms with van der Waals surface area (Å²) in [5.74, 6) is 0.150. The molecule has 2 aliphatic rings. The summed E-state index contributed by atoms with van der Waals surface area (Å²) in [4.78, 5) is 14.7. The molecule has 1 saturated carbocycles. The minimum Gasteiger partial charge on any atom is -0.334 e. The van der Waals surface area contributed by atoms with Gasteiger partial charge in [-0.15, -0.1) is 0 Å². The van der Waals surface area contributed by atoms with Crippen LogP contribution in [0.2, 0.25) is 5.02 Å².